The Hall–Kier alpha value is -2.93. The van der Waals surface area contributed by atoms with Gasteiger partial charge in [0.25, 0.3) is 0 Å². The Kier molecular flexibility index (Phi) is 4.50. The molecular weight excluding hydrogens is 451 g/mol. The van der Waals surface area contributed by atoms with Gasteiger partial charge < -0.3 is 14.9 Å². The van der Waals surface area contributed by atoms with E-state index in [0.29, 0.717) is 41.1 Å². The number of allylic oxidation sites excluding steroid dienone is 2. The number of aromatic hydroxyl groups is 1. The summed E-state index contributed by atoms with van der Waals surface area (Å²) in [4.78, 5) is 13.4. The molecule has 2 N–H and O–H groups in total. The fourth-order valence-electron chi connectivity index (χ4n) is 4.50. The first-order valence-corrected chi connectivity index (χ1v) is 10.4. The molecule has 5 nitrogen and oxygen atoms in total. The van der Waals surface area contributed by atoms with Crippen molar-refractivity contribution in [3.8, 4) is 5.75 Å². The molecule has 0 unspecified atom stereocenters. The summed E-state index contributed by atoms with van der Waals surface area (Å²) in [6, 6.07) is 11.7. The number of hydrogen-bond donors (Lipinski definition) is 2. The van der Waals surface area contributed by atoms with Gasteiger partial charge in [-0.25, -0.2) is 4.39 Å². The van der Waals surface area contributed by atoms with Crippen molar-refractivity contribution >= 4 is 27.6 Å². The average molecular weight is 469 g/mol. The van der Waals surface area contributed by atoms with Crippen LogP contribution in [0.5, 0.6) is 5.75 Å². The number of halogens is 2. The zero-order valence-corrected chi connectivity index (χ0v) is 17.7. The Morgan fingerprint density at radius 1 is 1.20 bits per heavy atom. The van der Waals surface area contributed by atoms with Crippen LogP contribution in [0, 0.1) is 12.7 Å². The SMILES string of the molecule is Cc1noc2c1[C@H](c1cc(Br)ccc1F)C1=C(C[C@H](c3ccc(O)cc3)CC1=O)N2. The number of aromatic nitrogens is 1. The number of anilines is 1. The Morgan fingerprint density at radius 3 is 2.73 bits per heavy atom. The highest BCUT2D eigenvalue weighted by atomic mass is 79.9. The first kappa shape index (κ1) is 19.1. The van der Waals surface area contributed by atoms with Crippen LogP contribution in [0.25, 0.3) is 0 Å². The first-order chi connectivity index (χ1) is 14.4. The van der Waals surface area contributed by atoms with Gasteiger partial charge in [0.1, 0.15) is 11.6 Å². The minimum absolute atomic E-state index is 0.0301. The minimum Gasteiger partial charge on any atom is -0.508 e. The Bertz CT molecular complexity index is 1200. The molecule has 0 bridgehead atoms. The van der Waals surface area contributed by atoms with E-state index in [0.717, 1.165) is 15.7 Å². The van der Waals surface area contributed by atoms with Gasteiger partial charge in [-0.2, -0.15) is 0 Å². The fourth-order valence-corrected chi connectivity index (χ4v) is 4.88. The molecule has 2 heterocycles. The van der Waals surface area contributed by atoms with Gasteiger partial charge in [0.05, 0.1) is 11.3 Å². The molecule has 0 saturated carbocycles. The zero-order valence-electron chi connectivity index (χ0n) is 16.1. The third-order valence-electron chi connectivity index (χ3n) is 5.89. The van der Waals surface area contributed by atoms with E-state index in [1.165, 1.54) is 6.07 Å². The molecule has 2 aliphatic rings. The van der Waals surface area contributed by atoms with Crippen molar-refractivity contribution in [2.45, 2.75) is 31.6 Å². The summed E-state index contributed by atoms with van der Waals surface area (Å²) < 4.78 is 21.1. The van der Waals surface area contributed by atoms with E-state index in [9.17, 15) is 14.3 Å². The van der Waals surface area contributed by atoms with Gasteiger partial charge in [-0.1, -0.05) is 33.2 Å². The van der Waals surface area contributed by atoms with Crippen molar-refractivity contribution < 1.29 is 18.8 Å². The Balaban J connectivity index is 1.64. The third kappa shape index (κ3) is 3.04. The van der Waals surface area contributed by atoms with E-state index in [1.54, 1.807) is 31.2 Å². The second-order valence-corrected chi connectivity index (χ2v) is 8.66. The summed E-state index contributed by atoms with van der Waals surface area (Å²) in [5.41, 5.74) is 4.02. The number of fused-ring (bicyclic) bond motifs is 1. The quantitative estimate of drug-likeness (QED) is 0.515. The normalized spacial score (nSPS) is 20.6. The number of nitrogens with one attached hydrogen (secondary N) is 1. The van der Waals surface area contributed by atoms with Crippen molar-refractivity contribution in [1.29, 1.82) is 0 Å². The highest BCUT2D eigenvalue weighted by molar-refractivity contribution is 9.10. The Labute approximate surface area is 180 Å². The van der Waals surface area contributed by atoms with Crippen LogP contribution >= 0.6 is 15.9 Å². The van der Waals surface area contributed by atoms with Gasteiger partial charge in [0, 0.05) is 33.6 Å². The van der Waals surface area contributed by atoms with Crippen molar-refractivity contribution in [1.82, 2.24) is 5.16 Å². The van der Waals surface area contributed by atoms with Crippen molar-refractivity contribution in [2.75, 3.05) is 5.32 Å². The highest BCUT2D eigenvalue weighted by Gasteiger charge is 2.42. The largest absolute Gasteiger partial charge is 0.508 e. The van der Waals surface area contributed by atoms with E-state index in [1.807, 2.05) is 12.1 Å². The standard InChI is InChI=1S/C23H18BrFN2O3/c1-11-20-21(16-10-14(24)4-7-17(16)25)22-18(26-23(20)30-27-11)8-13(9-19(22)29)12-2-5-15(28)6-3-12/h2-7,10,13,21,26,28H,8-9H2,1H3/t13-,21-/m0/s1. The maximum atomic E-state index is 14.9. The lowest BCUT2D eigenvalue weighted by Crippen LogP contribution is -2.30. The molecule has 0 amide bonds. The van der Waals surface area contributed by atoms with Gasteiger partial charge in [-0.3, -0.25) is 4.79 Å². The second kappa shape index (κ2) is 7.09. The lowest BCUT2D eigenvalue weighted by atomic mass is 9.72. The number of ketones is 1. The van der Waals surface area contributed by atoms with E-state index in [4.69, 9.17) is 4.52 Å². The second-order valence-electron chi connectivity index (χ2n) is 7.75. The number of nitrogens with zero attached hydrogens (tertiary/aromatic N) is 1. The number of carbonyl (C=O) groups is 1. The zero-order chi connectivity index (χ0) is 21.0. The number of hydrogen-bond acceptors (Lipinski definition) is 5. The first-order valence-electron chi connectivity index (χ1n) is 9.65. The van der Waals surface area contributed by atoms with Crippen molar-refractivity contribution in [3.63, 3.8) is 0 Å². The molecule has 0 fully saturated rings. The van der Waals surface area contributed by atoms with Crippen LogP contribution < -0.4 is 5.32 Å². The number of benzene rings is 2. The van der Waals surface area contributed by atoms with E-state index in [-0.39, 0.29) is 23.3 Å². The molecule has 1 aliphatic heterocycles. The fraction of sp³-hybridized carbons (Fsp3) is 0.217. The molecule has 1 aromatic heterocycles. The molecule has 3 aromatic rings. The summed E-state index contributed by atoms with van der Waals surface area (Å²) in [6.45, 7) is 1.80. The molecule has 152 valence electrons. The molecule has 7 heteroatoms. The lowest BCUT2D eigenvalue weighted by Gasteiger charge is -2.34. The lowest BCUT2D eigenvalue weighted by molar-refractivity contribution is -0.116. The van der Waals surface area contributed by atoms with Crippen LogP contribution in [0.3, 0.4) is 0 Å². The molecule has 2 atom stereocenters. The van der Waals surface area contributed by atoms with E-state index >= 15 is 0 Å². The number of rotatable bonds is 2. The Morgan fingerprint density at radius 2 is 1.97 bits per heavy atom. The summed E-state index contributed by atoms with van der Waals surface area (Å²) in [5.74, 6) is -0.385. The minimum atomic E-state index is -0.576. The van der Waals surface area contributed by atoms with Gasteiger partial charge in [0.2, 0.25) is 5.88 Å². The van der Waals surface area contributed by atoms with Crippen molar-refractivity contribution in [2.24, 2.45) is 0 Å². The summed E-state index contributed by atoms with van der Waals surface area (Å²) in [5, 5.41) is 16.9. The number of aryl methyl sites for hydroxylation is 1. The maximum Gasteiger partial charge on any atom is 0.233 e. The highest BCUT2D eigenvalue weighted by Crippen LogP contribution is 2.49. The molecule has 0 radical (unpaired) electrons. The number of phenolic OH excluding ortho intramolecular Hbond substituents is 1. The van der Waals surface area contributed by atoms with Crippen LogP contribution in [0.1, 0.15) is 47.1 Å². The molecule has 5 rings (SSSR count). The molecule has 1 aliphatic carbocycles. The van der Waals surface area contributed by atoms with Gasteiger partial charge in [-0.15, -0.1) is 0 Å². The van der Waals surface area contributed by atoms with Crippen LogP contribution in [0.15, 0.2) is 62.7 Å². The van der Waals surface area contributed by atoms with E-state index < -0.39 is 5.92 Å². The smallest absolute Gasteiger partial charge is 0.233 e. The predicted octanol–water partition coefficient (Wildman–Crippen LogP) is 5.55. The number of Topliss-reactive ketones (excluding diaryl/α,β-unsaturated/α-hetero) is 1. The average Bonchev–Trinajstić information content (AvgIpc) is 3.09. The van der Waals surface area contributed by atoms with Crippen LogP contribution in [-0.2, 0) is 4.79 Å². The topological polar surface area (TPSA) is 75.4 Å². The van der Waals surface area contributed by atoms with Crippen LogP contribution in [0.2, 0.25) is 0 Å². The molecule has 30 heavy (non-hydrogen) atoms. The van der Waals surface area contributed by atoms with Crippen LogP contribution in [0.4, 0.5) is 10.3 Å². The molecule has 0 spiro atoms. The number of phenols is 1. The maximum absolute atomic E-state index is 14.9. The summed E-state index contributed by atoms with van der Waals surface area (Å²) in [6.07, 6.45) is 0.897. The van der Waals surface area contributed by atoms with Gasteiger partial charge in [-0.05, 0) is 55.2 Å². The number of carbonyl (C=O) groups excluding carboxylic acids is 1. The molecule has 2 aromatic carbocycles. The van der Waals surface area contributed by atoms with E-state index in [2.05, 4.69) is 26.4 Å². The summed E-state index contributed by atoms with van der Waals surface area (Å²) in [7, 11) is 0. The van der Waals surface area contributed by atoms with Gasteiger partial charge in [0.15, 0.2) is 5.78 Å². The molecular formula is C23H18BrFN2O3. The predicted molar refractivity (Wildman–Crippen MR) is 113 cm³/mol. The van der Waals surface area contributed by atoms with Gasteiger partial charge >= 0.3 is 0 Å². The van der Waals surface area contributed by atoms with Crippen molar-refractivity contribution in [3.05, 3.63) is 86.4 Å². The molecule has 0 saturated heterocycles. The monoisotopic (exact) mass is 468 g/mol. The third-order valence-corrected chi connectivity index (χ3v) is 6.38. The summed E-state index contributed by atoms with van der Waals surface area (Å²) >= 11 is 3.42. The van der Waals surface area contributed by atoms with Crippen LogP contribution in [-0.4, -0.2) is 16.0 Å².